The van der Waals surface area contributed by atoms with Crippen molar-refractivity contribution in [2.45, 2.75) is 46.7 Å². The summed E-state index contributed by atoms with van der Waals surface area (Å²) in [6.45, 7) is 8.71. The third kappa shape index (κ3) is 4.19. The van der Waals surface area contributed by atoms with Gasteiger partial charge in [-0.3, -0.25) is 9.36 Å². The third-order valence-corrected chi connectivity index (χ3v) is 5.55. The maximum Gasteiger partial charge on any atom is 0.322 e. The molecule has 0 saturated heterocycles. The Kier molecular flexibility index (Phi) is 6.77. The first-order chi connectivity index (χ1) is 14.4. The maximum atomic E-state index is 13.2. The van der Waals surface area contributed by atoms with Crippen LogP contribution in [0.2, 0.25) is 5.02 Å². The van der Waals surface area contributed by atoms with Gasteiger partial charge in [0, 0.05) is 23.8 Å². The van der Waals surface area contributed by atoms with Gasteiger partial charge in [0.1, 0.15) is 5.82 Å². The SMILES string of the molecule is CC[C@@H](c1nc2cc(Cl)ccc2c(=O)n1CC)N(CC)C(=O)Nc1ccccc1C. The van der Waals surface area contributed by atoms with Crippen LogP contribution in [-0.2, 0) is 6.54 Å². The third-order valence-electron chi connectivity index (χ3n) is 5.31. The number of rotatable bonds is 6. The molecule has 0 radical (unpaired) electrons. The molecule has 158 valence electrons. The van der Waals surface area contributed by atoms with Gasteiger partial charge in [-0.25, -0.2) is 9.78 Å². The molecule has 1 atom stereocenters. The summed E-state index contributed by atoms with van der Waals surface area (Å²) in [5.74, 6) is 0.571. The highest BCUT2D eigenvalue weighted by atomic mass is 35.5. The smallest absolute Gasteiger partial charge is 0.315 e. The number of nitrogens with zero attached hydrogens (tertiary/aromatic N) is 3. The van der Waals surface area contributed by atoms with Gasteiger partial charge in [0.2, 0.25) is 0 Å². The second-order valence-electron chi connectivity index (χ2n) is 7.14. The number of nitrogens with one attached hydrogen (secondary N) is 1. The van der Waals surface area contributed by atoms with E-state index in [4.69, 9.17) is 16.6 Å². The molecule has 0 aliphatic heterocycles. The van der Waals surface area contributed by atoms with Gasteiger partial charge in [-0.1, -0.05) is 36.7 Å². The fourth-order valence-corrected chi connectivity index (χ4v) is 3.89. The van der Waals surface area contributed by atoms with E-state index in [0.29, 0.717) is 41.3 Å². The number of aromatic nitrogens is 2. The molecule has 0 unspecified atom stereocenters. The van der Waals surface area contributed by atoms with Crippen molar-refractivity contribution in [3.8, 4) is 0 Å². The lowest BCUT2D eigenvalue weighted by atomic mass is 10.1. The molecule has 0 saturated carbocycles. The van der Waals surface area contributed by atoms with Crippen molar-refractivity contribution in [1.29, 1.82) is 0 Å². The Balaban J connectivity index is 2.06. The molecule has 7 heteroatoms. The van der Waals surface area contributed by atoms with Gasteiger partial charge in [-0.2, -0.15) is 0 Å². The van der Waals surface area contributed by atoms with Crippen molar-refractivity contribution in [2.24, 2.45) is 0 Å². The first kappa shape index (κ1) is 21.8. The molecule has 1 heterocycles. The van der Waals surface area contributed by atoms with E-state index >= 15 is 0 Å². The van der Waals surface area contributed by atoms with E-state index in [-0.39, 0.29) is 17.6 Å². The molecule has 1 aromatic heterocycles. The van der Waals surface area contributed by atoms with Crippen molar-refractivity contribution in [1.82, 2.24) is 14.5 Å². The molecule has 2 aromatic carbocycles. The molecule has 2 amide bonds. The van der Waals surface area contributed by atoms with E-state index in [2.05, 4.69) is 5.32 Å². The van der Waals surface area contributed by atoms with E-state index in [1.165, 1.54) is 0 Å². The number of aryl methyl sites for hydroxylation is 1. The van der Waals surface area contributed by atoms with E-state index < -0.39 is 0 Å². The van der Waals surface area contributed by atoms with Gasteiger partial charge >= 0.3 is 6.03 Å². The Morgan fingerprint density at radius 1 is 1.20 bits per heavy atom. The molecule has 6 nitrogen and oxygen atoms in total. The van der Waals surface area contributed by atoms with Crippen LogP contribution in [0.1, 0.15) is 44.6 Å². The van der Waals surface area contributed by atoms with Crippen molar-refractivity contribution in [2.75, 3.05) is 11.9 Å². The monoisotopic (exact) mass is 426 g/mol. The van der Waals surface area contributed by atoms with Crippen LogP contribution in [0.25, 0.3) is 10.9 Å². The highest BCUT2D eigenvalue weighted by Crippen LogP contribution is 2.26. The second-order valence-corrected chi connectivity index (χ2v) is 7.57. The predicted octanol–water partition coefficient (Wildman–Crippen LogP) is 5.38. The molecule has 0 fully saturated rings. The number of hydrogen-bond donors (Lipinski definition) is 1. The highest BCUT2D eigenvalue weighted by molar-refractivity contribution is 6.31. The average molecular weight is 427 g/mol. The minimum atomic E-state index is -0.352. The van der Waals surface area contributed by atoms with Crippen LogP contribution < -0.4 is 10.9 Å². The summed E-state index contributed by atoms with van der Waals surface area (Å²) in [7, 11) is 0. The molecular weight excluding hydrogens is 400 g/mol. The fourth-order valence-electron chi connectivity index (χ4n) is 3.72. The fraction of sp³-hybridized carbons (Fsp3) is 0.348. The summed E-state index contributed by atoms with van der Waals surface area (Å²) < 4.78 is 1.65. The molecule has 0 spiro atoms. The number of carbonyl (C=O) groups is 1. The van der Waals surface area contributed by atoms with Crippen molar-refractivity contribution >= 4 is 34.2 Å². The van der Waals surface area contributed by atoms with Gasteiger partial charge in [-0.05, 0) is 57.0 Å². The summed E-state index contributed by atoms with van der Waals surface area (Å²) >= 11 is 6.13. The Hall–Kier alpha value is -2.86. The number of carbonyl (C=O) groups excluding carboxylic acids is 1. The van der Waals surface area contributed by atoms with Crippen LogP contribution in [0.4, 0.5) is 10.5 Å². The van der Waals surface area contributed by atoms with Gasteiger partial charge < -0.3 is 10.2 Å². The van der Waals surface area contributed by atoms with Gasteiger partial charge in [0.15, 0.2) is 0 Å². The number of halogens is 1. The Labute approximate surface area is 181 Å². The molecular formula is C23H27ClN4O2. The van der Waals surface area contributed by atoms with E-state index in [9.17, 15) is 9.59 Å². The van der Waals surface area contributed by atoms with Gasteiger partial charge in [0.05, 0.1) is 16.9 Å². The highest BCUT2D eigenvalue weighted by Gasteiger charge is 2.27. The maximum absolute atomic E-state index is 13.2. The van der Waals surface area contributed by atoms with Gasteiger partial charge in [0.25, 0.3) is 5.56 Å². The second kappa shape index (κ2) is 9.30. The zero-order chi connectivity index (χ0) is 21.8. The number of urea groups is 1. The van der Waals surface area contributed by atoms with Crippen LogP contribution in [0.5, 0.6) is 0 Å². The van der Waals surface area contributed by atoms with Crippen LogP contribution >= 0.6 is 11.6 Å². The Morgan fingerprint density at radius 2 is 1.93 bits per heavy atom. The molecule has 0 aliphatic carbocycles. The average Bonchev–Trinajstić information content (AvgIpc) is 2.73. The summed E-state index contributed by atoms with van der Waals surface area (Å²) in [6, 6.07) is 12.2. The largest absolute Gasteiger partial charge is 0.322 e. The quantitative estimate of drug-likeness (QED) is 0.575. The van der Waals surface area contributed by atoms with Crippen molar-refractivity contribution < 1.29 is 4.79 Å². The molecule has 30 heavy (non-hydrogen) atoms. The predicted molar refractivity (Wildman–Crippen MR) is 122 cm³/mol. The van der Waals surface area contributed by atoms with Gasteiger partial charge in [-0.15, -0.1) is 0 Å². The van der Waals surface area contributed by atoms with Crippen LogP contribution in [0, 0.1) is 6.92 Å². The minimum absolute atomic E-state index is 0.122. The lowest BCUT2D eigenvalue weighted by Crippen LogP contribution is -2.41. The minimum Gasteiger partial charge on any atom is -0.315 e. The molecule has 3 rings (SSSR count). The number of fused-ring (bicyclic) bond motifs is 1. The molecule has 0 aliphatic rings. The first-order valence-electron chi connectivity index (χ1n) is 10.2. The number of anilines is 1. The lowest BCUT2D eigenvalue weighted by Gasteiger charge is -2.31. The number of hydrogen-bond acceptors (Lipinski definition) is 3. The number of benzene rings is 2. The normalized spacial score (nSPS) is 12.0. The lowest BCUT2D eigenvalue weighted by molar-refractivity contribution is 0.184. The van der Waals surface area contributed by atoms with E-state index in [1.807, 2.05) is 52.0 Å². The summed E-state index contributed by atoms with van der Waals surface area (Å²) in [5.41, 5.74) is 2.17. The van der Waals surface area contributed by atoms with Crippen molar-refractivity contribution in [3.63, 3.8) is 0 Å². The first-order valence-corrected chi connectivity index (χ1v) is 10.6. The van der Waals surface area contributed by atoms with E-state index in [0.717, 1.165) is 11.3 Å². The molecule has 3 aromatic rings. The van der Waals surface area contributed by atoms with Crippen LogP contribution in [0.15, 0.2) is 47.3 Å². The molecule has 0 bridgehead atoms. The van der Waals surface area contributed by atoms with Crippen LogP contribution in [-0.4, -0.2) is 27.0 Å². The Morgan fingerprint density at radius 3 is 2.57 bits per heavy atom. The van der Waals surface area contributed by atoms with Crippen LogP contribution in [0.3, 0.4) is 0 Å². The Bertz CT molecular complexity index is 1130. The standard InChI is InChI=1S/C23H27ClN4O2/c1-5-20(27(6-2)23(30)26-18-11-9-8-10-15(18)4)21-25-19-14-16(24)12-13-17(19)22(29)28(21)7-3/h8-14,20H,5-7H2,1-4H3,(H,26,30)/t20-/m0/s1. The van der Waals surface area contributed by atoms with Crippen molar-refractivity contribution in [3.05, 3.63) is 69.2 Å². The summed E-state index contributed by atoms with van der Waals surface area (Å²) in [4.78, 5) is 32.7. The zero-order valence-corrected chi connectivity index (χ0v) is 18.5. The topological polar surface area (TPSA) is 67.2 Å². The van der Waals surface area contributed by atoms with E-state index in [1.54, 1.807) is 27.7 Å². The number of amides is 2. The summed E-state index contributed by atoms with van der Waals surface area (Å²) in [6.07, 6.45) is 0.619. The summed E-state index contributed by atoms with van der Waals surface area (Å²) in [5, 5.41) is 4.04. The zero-order valence-electron chi connectivity index (χ0n) is 17.8. The molecule has 1 N–H and O–H groups in total. The number of para-hydroxylation sites is 1.